The Morgan fingerprint density at radius 2 is 1.89 bits per heavy atom. The van der Waals surface area contributed by atoms with Crippen molar-refractivity contribution in [3.05, 3.63) is 47.9 Å². The lowest BCUT2D eigenvalue weighted by Crippen LogP contribution is -2.18. The number of rotatable bonds is 3. The van der Waals surface area contributed by atoms with E-state index >= 15 is 0 Å². The van der Waals surface area contributed by atoms with E-state index in [-0.39, 0.29) is 11.4 Å². The minimum absolute atomic E-state index is 0.261. The zero-order valence-electron chi connectivity index (χ0n) is 9.37. The molecule has 0 aliphatic carbocycles. The van der Waals surface area contributed by atoms with E-state index < -0.39 is 23.5 Å². The molecule has 1 amide bonds. The van der Waals surface area contributed by atoms with Gasteiger partial charge in [0.05, 0.1) is 5.56 Å². The van der Waals surface area contributed by atoms with Gasteiger partial charge in [-0.3, -0.25) is 4.79 Å². The molecule has 0 radical (unpaired) electrons. The van der Waals surface area contributed by atoms with E-state index in [1.165, 1.54) is 30.7 Å². The first kappa shape index (κ1) is 12.6. The predicted octanol–water partition coefficient (Wildman–Crippen LogP) is 0.961. The zero-order chi connectivity index (χ0) is 13.8. The van der Waals surface area contributed by atoms with Crippen LogP contribution in [-0.4, -0.2) is 31.9 Å². The third-order valence-corrected chi connectivity index (χ3v) is 2.14. The summed E-state index contributed by atoms with van der Waals surface area (Å²) in [6, 6.07) is 2.60. The minimum atomic E-state index is -1.35. The van der Waals surface area contributed by atoms with Gasteiger partial charge >= 0.3 is 5.97 Å². The van der Waals surface area contributed by atoms with Gasteiger partial charge in [0.15, 0.2) is 11.5 Å². The summed E-state index contributed by atoms with van der Waals surface area (Å²) in [5.74, 6) is -3.42. The summed E-state index contributed by atoms with van der Waals surface area (Å²) >= 11 is 0. The molecule has 0 saturated carbocycles. The van der Waals surface area contributed by atoms with Gasteiger partial charge in [0.2, 0.25) is 5.95 Å². The highest BCUT2D eigenvalue weighted by Gasteiger charge is 2.18. The number of amides is 1. The van der Waals surface area contributed by atoms with Crippen LogP contribution in [0.5, 0.6) is 0 Å². The zero-order valence-corrected chi connectivity index (χ0v) is 9.37. The number of pyridine rings is 1. The standard InChI is InChI=1S/C11H7FN4O3/c12-8-6(2-1-3-14-8)10(17)16-9-7(11(18)19)13-4-5-15-9/h1-5H,(H,18,19)(H,15,16,17). The Bertz CT molecular complexity index is 647. The third kappa shape index (κ3) is 2.68. The van der Waals surface area contributed by atoms with Gasteiger partial charge in [-0.2, -0.15) is 4.39 Å². The maximum absolute atomic E-state index is 13.3. The Kier molecular flexibility index (Phi) is 3.42. The van der Waals surface area contributed by atoms with Crippen LogP contribution in [0, 0.1) is 5.95 Å². The van der Waals surface area contributed by atoms with E-state index in [0.29, 0.717) is 0 Å². The summed E-state index contributed by atoms with van der Waals surface area (Å²) in [5.41, 5.74) is -0.746. The van der Waals surface area contributed by atoms with Crippen LogP contribution in [0.4, 0.5) is 10.2 Å². The molecule has 0 unspecified atom stereocenters. The lowest BCUT2D eigenvalue weighted by Gasteiger charge is -2.06. The molecule has 0 fully saturated rings. The number of carboxylic acids is 1. The van der Waals surface area contributed by atoms with Gasteiger partial charge < -0.3 is 10.4 Å². The maximum Gasteiger partial charge on any atom is 0.358 e. The van der Waals surface area contributed by atoms with Crippen LogP contribution in [-0.2, 0) is 0 Å². The normalized spacial score (nSPS) is 9.95. The highest BCUT2D eigenvalue weighted by molar-refractivity contribution is 6.06. The van der Waals surface area contributed by atoms with Gasteiger partial charge in [0.1, 0.15) is 0 Å². The average Bonchev–Trinajstić information content (AvgIpc) is 2.39. The summed E-state index contributed by atoms with van der Waals surface area (Å²) in [6.07, 6.45) is 3.57. The summed E-state index contributed by atoms with van der Waals surface area (Å²) in [4.78, 5) is 33.2. The molecule has 2 rings (SSSR count). The van der Waals surface area contributed by atoms with Crippen molar-refractivity contribution in [1.29, 1.82) is 0 Å². The highest BCUT2D eigenvalue weighted by Crippen LogP contribution is 2.11. The van der Waals surface area contributed by atoms with E-state index in [9.17, 15) is 14.0 Å². The van der Waals surface area contributed by atoms with Crippen molar-refractivity contribution in [3.63, 3.8) is 0 Å². The average molecular weight is 262 g/mol. The number of aromatic carboxylic acids is 1. The first-order valence-electron chi connectivity index (χ1n) is 5.05. The van der Waals surface area contributed by atoms with Crippen molar-refractivity contribution in [3.8, 4) is 0 Å². The molecule has 0 bridgehead atoms. The number of aromatic nitrogens is 3. The molecule has 2 N–H and O–H groups in total. The van der Waals surface area contributed by atoms with E-state index in [2.05, 4.69) is 20.3 Å². The Morgan fingerprint density at radius 3 is 2.58 bits per heavy atom. The second-order valence-electron chi connectivity index (χ2n) is 3.35. The number of nitrogens with one attached hydrogen (secondary N) is 1. The molecular formula is C11H7FN4O3. The number of nitrogens with zero attached hydrogens (tertiary/aromatic N) is 3. The molecule has 0 saturated heterocycles. The highest BCUT2D eigenvalue weighted by atomic mass is 19.1. The van der Waals surface area contributed by atoms with Crippen LogP contribution < -0.4 is 5.32 Å². The fraction of sp³-hybridized carbons (Fsp3) is 0. The number of carbonyl (C=O) groups is 2. The molecule has 8 heteroatoms. The van der Waals surface area contributed by atoms with Crippen molar-refractivity contribution in [1.82, 2.24) is 15.0 Å². The Hall–Kier alpha value is -2.90. The maximum atomic E-state index is 13.3. The van der Waals surface area contributed by atoms with Crippen LogP contribution in [0.25, 0.3) is 0 Å². The molecule has 96 valence electrons. The second-order valence-corrected chi connectivity index (χ2v) is 3.35. The fourth-order valence-electron chi connectivity index (χ4n) is 1.32. The number of hydrogen-bond acceptors (Lipinski definition) is 5. The number of carbonyl (C=O) groups excluding carboxylic acids is 1. The molecule has 0 atom stereocenters. The molecule has 0 aromatic carbocycles. The first-order chi connectivity index (χ1) is 9.09. The summed E-state index contributed by atoms with van der Waals surface area (Å²) in [5, 5.41) is 11.0. The molecule has 0 spiro atoms. The molecule has 2 heterocycles. The van der Waals surface area contributed by atoms with Crippen molar-refractivity contribution in [2.45, 2.75) is 0 Å². The van der Waals surface area contributed by atoms with Crippen LogP contribution >= 0.6 is 0 Å². The molecule has 7 nitrogen and oxygen atoms in total. The number of halogens is 1. The Morgan fingerprint density at radius 1 is 1.16 bits per heavy atom. The summed E-state index contributed by atoms with van der Waals surface area (Å²) in [6.45, 7) is 0. The van der Waals surface area contributed by atoms with Crippen LogP contribution in [0.1, 0.15) is 20.8 Å². The molecular weight excluding hydrogens is 255 g/mol. The van der Waals surface area contributed by atoms with Crippen molar-refractivity contribution in [2.24, 2.45) is 0 Å². The molecule has 0 aliphatic heterocycles. The number of anilines is 1. The van der Waals surface area contributed by atoms with Crippen LogP contribution in [0.2, 0.25) is 0 Å². The fourth-order valence-corrected chi connectivity index (χ4v) is 1.32. The molecule has 2 aromatic heterocycles. The largest absolute Gasteiger partial charge is 0.476 e. The molecule has 19 heavy (non-hydrogen) atoms. The second kappa shape index (κ2) is 5.17. The Labute approximate surface area is 106 Å². The van der Waals surface area contributed by atoms with E-state index in [1.54, 1.807) is 0 Å². The molecule has 0 aliphatic rings. The van der Waals surface area contributed by atoms with Crippen molar-refractivity contribution < 1.29 is 19.1 Å². The third-order valence-electron chi connectivity index (χ3n) is 2.14. The SMILES string of the molecule is O=C(Nc1nccnc1C(=O)O)c1cccnc1F. The summed E-state index contributed by atoms with van der Waals surface area (Å²) in [7, 11) is 0. The van der Waals surface area contributed by atoms with Gasteiger partial charge in [0, 0.05) is 18.6 Å². The summed E-state index contributed by atoms with van der Waals surface area (Å²) < 4.78 is 13.3. The van der Waals surface area contributed by atoms with Gasteiger partial charge in [-0.1, -0.05) is 0 Å². The number of carboxylic acid groups (broad SMARTS) is 1. The monoisotopic (exact) mass is 262 g/mol. The molecule has 2 aromatic rings. The van der Waals surface area contributed by atoms with Crippen LogP contribution in [0.3, 0.4) is 0 Å². The smallest absolute Gasteiger partial charge is 0.358 e. The topological polar surface area (TPSA) is 105 Å². The number of hydrogen-bond donors (Lipinski definition) is 2. The van der Waals surface area contributed by atoms with Gasteiger partial charge in [-0.05, 0) is 12.1 Å². The van der Waals surface area contributed by atoms with Crippen molar-refractivity contribution in [2.75, 3.05) is 5.32 Å². The lowest BCUT2D eigenvalue weighted by molar-refractivity contribution is 0.0691. The van der Waals surface area contributed by atoms with E-state index in [4.69, 9.17) is 5.11 Å². The van der Waals surface area contributed by atoms with E-state index in [1.807, 2.05) is 0 Å². The van der Waals surface area contributed by atoms with Crippen LogP contribution in [0.15, 0.2) is 30.7 Å². The lowest BCUT2D eigenvalue weighted by atomic mass is 10.2. The van der Waals surface area contributed by atoms with Gasteiger partial charge in [0.25, 0.3) is 5.91 Å². The minimum Gasteiger partial charge on any atom is -0.476 e. The van der Waals surface area contributed by atoms with Gasteiger partial charge in [-0.25, -0.2) is 19.7 Å². The Balaban J connectivity index is 2.30. The first-order valence-corrected chi connectivity index (χ1v) is 5.05. The van der Waals surface area contributed by atoms with Gasteiger partial charge in [-0.15, -0.1) is 0 Å². The predicted molar refractivity (Wildman–Crippen MR) is 61.1 cm³/mol. The quantitative estimate of drug-likeness (QED) is 0.798. The van der Waals surface area contributed by atoms with Crippen molar-refractivity contribution >= 4 is 17.7 Å². The van der Waals surface area contributed by atoms with E-state index in [0.717, 1.165) is 0 Å².